The highest BCUT2D eigenvalue weighted by atomic mass is 16.7. The van der Waals surface area contributed by atoms with Crippen molar-refractivity contribution in [2.24, 2.45) is 17.3 Å². The molecular formula is C28H44N2O3. The van der Waals surface area contributed by atoms with E-state index in [-0.39, 0.29) is 11.7 Å². The largest absolute Gasteiger partial charge is 0.508 e. The molecular weight excluding hydrogens is 412 g/mol. The van der Waals surface area contributed by atoms with Gasteiger partial charge >= 0.3 is 0 Å². The van der Waals surface area contributed by atoms with Crippen LogP contribution in [-0.2, 0) is 15.9 Å². The minimum atomic E-state index is -0.261. The molecule has 1 aromatic rings. The molecule has 33 heavy (non-hydrogen) atoms. The number of fused-ring (bicyclic) bond motifs is 5. The summed E-state index contributed by atoms with van der Waals surface area (Å²) in [6, 6.07) is 6.08. The number of allylic oxidation sites excluding steroid dienone is 1. The summed E-state index contributed by atoms with van der Waals surface area (Å²) in [5.74, 6) is 2.53. The quantitative estimate of drug-likeness (QED) is 0.433. The van der Waals surface area contributed by atoms with Gasteiger partial charge in [-0.15, -0.1) is 0 Å². The molecule has 2 fully saturated rings. The zero-order chi connectivity index (χ0) is 23.6. The molecule has 4 rings (SSSR count). The van der Waals surface area contributed by atoms with E-state index in [0.717, 1.165) is 37.8 Å². The third kappa shape index (κ3) is 5.48. The van der Waals surface area contributed by atoms with Crippen LogP contribution in [0.4, 0.5) is 0 Å². The Labute approximate surface area is 200 Å². The first-order valence-corrected chi connectivity index (χ1v) is 12.8. The van der Waals surface area contributed by atoms with Gasteiger partial charge in [0.2, 0.25) is 0 Å². The fraction of sp³-hybridized carbons (Fsp3) is 0.714. The van der Waals surface area contributed by atoms with E-state index in [2.05, 4.69) is 57.1 Å². The summed E-state index contributed by atoms with van der Waals surface area (Å²) in [6.07, 6.45) is 9.32. The average molecular weight is 457 g/mol. The van der Waals surface area contributed by atoms with E-state index in [1.54, 1.807) is 5.57 Å². The Balaban J connectivity index is 1.49. The number of aryl methyl sites for hydroxylation is 1. The molecule has 0 saturated heterocycles. The van der Waals surface area contributed by atoms with Crippen LogP contribution in [0.25, 0.3) is 0 Å². The van der Waals surface area contributed by atoms with E-state index in [4.69, 9.17) is 9.47 Å². The van der Waals surface area contributed by atoms with Crippen LogP contribution in [0, 0.1) is 17.3 Å². The molecule has 0 aromatic heterocycles. The van der Waals surface area contributed by atoms with Gasteiger partial charge in [-0.25, -0.2) is 0 Å². The summed E-state index contributed by atoms with van der Waals surface area (Å²) >= 11 is 0. The minimum absolute atomic E-state index is 0.254. The van der Waals surface area contributed by atoms with Gasteiger partial charge in [0.25, 0.3) is 0 Å². The molecule has 5 heteroatoms. The van der Waals surface area contributed by atoms with E-state index < -0.39 is 0 Å². The second-order valence-corrected chi connectivity index (χ2v) is 11.2. The van der Waals surface area contributed by atoms with Gasteiger partial charge in [-0.05, 0) is 119 Å². The van der Waals surface area contributed by atoms with Gasteiger partial charge in [-0.2, -0.15) is 0 Å². The third-order valence-corrected chi connectivity index (χ3v) is 8.54. The Morgan fingerprint density at radius 1 is 1.03 bits per heavy atom. The SMILES string of the molecule is CN(C)CCOC(C=C1CCC2C3CCc4cc(O)ccc4C3CCC12C)OCCN(C)C. The van der Waals surface area contributed by atoms with Gasteiger partial charge in [0.05, 0.1) is 13.2 Å². The standard InChI is InChI=1S/C28H44N2O3/c1-28-13-12-24-23-10-8-22(31)18-20(23)6-9-25(24)26(28)11-7-21(28)19-27(32-16-14-29(2)3)33-17-15-30(4)5/h8,10,18-19,24-27,31H,6-7,9,11-17H2,1-5H3. The maximum Gasteiger partial charge on any atom is 0.177 e. The number of aromatic hydroxyl groups is 1. The van der Waals surface area contributed by atoms with Crippen molar-refractivity contribution in [3.63, 3.8) is 0 Å². The van der Waals surface area contributed by atoms with Gasteiger partial charge in [0.1, 0.15) is 5.75 Å². The Morgan fingerprint density at radius 2 is 1.73 bits per heavy atom. The number of benzene rings is 1. The molecule has 0 heterocycles. The van der Waals surface area contributed by atoms with Gasteiger partial charge in [0, 0.05) is 13.1 Å². The van der Waals surface area contributed by atoms with Crippen molar-refractivity contribution in [1.29, 1.82) is 0 Å². The van der Waals surface area contributed by atoms with Gasteiger partial charge in [0.15, 0.2) is 6.29 Å². The topological polar surface area (TPSA) is 45.2 Å². The highest BCUT2D eigenvalue weighted by Gasteiger charge is 2.52. The number of phenolic OH excluding ortho intramolecular Hbond substituents is 1. The van der Waals surface area contributed by atoms with E-state index in [1.165, 1.54) is 36.8 Å². The van der Waals surface area contributed by atoms with Crippen LogP contribution in [0.15, 0.2) is 29.8 Å². The molecule has 2 saturated carbocycles. The Bertz CT molecular complexity index is 822. The maximum atomic E-state index is 9.94. The highest BCUT2D eigenvalue weighted by molar-refractivity contribution is 5.41. The van der Waals surface area contributed by atoms with E-state index in [0.29, 0.717) is 24.9 Å². The molecule has 3 aliphatic carbocycles. The first-order chi connectivity index (χ1) is 15.8. The van der Waals surface area contributed by atoms with E-state index >= 15 is 0 Å². The lowest BCUT2D eigenvalue weighted by molar-refractivity contribution is -0.116. The number of hydrogen-bond acceptors (Lipinski definition) is 5. The number of ether oxygens (including phenoxy) is 2. The van der Waals surface area contributed by atoms with Crippen molar-refractivity contribution in [2.75, 3.05) is 54.5 Å². The molecule has 0 spiro atoms. The minimum Gasteiger partial charge on any atom is -0.508 e. The second kappa shape index (κ2) is 10.5. The Kier molecular flexibility index (Phi) is 7.84. The van der Waals surface area contributed by atoms with Crippen LogP contribution in [0.5, 0.6) is 5.75 Å². The first kappa shape index (κ1) is 24.7. The Hall–Kier alpha value is -1.40. The molecule has 4 unspecified atom stereocenters. The lowest BCUT2D eigenvalue weighted by Gasteiger charge is -2.49. The predicted molar refractivity (Wildman–Crippen MR) is 134 cm³/mol. The van der Waals surface area contributed by atoms with Crippen LogP contribution in [-0.4, -0.2) is 75.7 Å². The summed E-state index contributed by atoms with van der Waals surface area (Å²) < 4.78 is 12.4. The molecule has 184 valence electrons. The van der Waals surface area contributed by atoms with Crippen molar-refractivity contribution in [3.05, 3.63) is 41.0 Å². The fourth-order valence-corrected chi connectivity index (χ4v) is 6.70. The first-order valence-electron chi connectivity index (χ1n) is 12.8. The monoisotopic (exact) mass is 456 g/mol. The fourth-order valence-electron chi connectivity index (χ4n) is 6.70. The molecule has 1 aromatic carbocycles. The molecule has 0 radical (unpaired) electrons. The van der Waals surface area contributed by atoms with Crippen LogP contribution < -0.4 is 0 Å². The lowest BCUT2D eigenvalue weighted by Crippen LogP contribution is -2.40. The van der Waals surface area contributed by atoms with Crippen molar-refractivity contribution in [3.8, 4) is 5.75 Å². The normalized spacial score (nSPS) is 30.2. The van der Waals surface area contributed by atoms with Crippen LogP contribution >= 0.6 is 0 Å². The smallest absolute Gasteiger partial charge is 0.177 e. The molecule has 4 atom stereocenters. The van der Waals surface area contributed by atoms with E-state index in [1.807, 2.05) is 12.1 Å². The maximum absolute atomic E-state index is 9.94. The summed E-state index contributed by atoms with van der Waals surface area (Å²) in [7, 11) is 8.31. The third-order valence-electron chi connectivity index (χ3n) is 8.54. The number of phenols is 1. The van der Waals surface area contributed by atoms with Crippen LogP contribution in [0.1, 0.15) is 56.1 Å². The highest BCUT2D eigenvalue weighted by Crippen LogP contribution is 2.62. The molecule has 3 aliphatic rings. The second-order valence-electron chi connectivity index (χ2n) is 11.2. The summed E-state index contributed by atoms with van der Waals surface area (Å²) in [4.78, 5) is 4.30. The number of nitrogens with zero attached hydrogens (tertiary/aromatic N) is 2. The number of likely N-dealkylation sites (N-methyl/N-ethyl adjacent to an activating group) is 2. The molecule has 1 N–H and O–H groups in total. The van der Waals surface area contributed by atoms with Crippen molar-refractivity contribution < 1.29 is 14.6 Å². The van der Waals surface area contributed by atoms with Gasteiger partial charge < -0.3 is 24.4 Å². The lowest BCUT2D eigenvalue weighted by atomic mass is 9.55. The van der Waals surface area contributed by atoms with E-state index in [9.17, 15) is 5.11 Å². The molecule has 5 nitrogen and oxygen atoms in total. The van der Waals surface area contributed by atoms with Crippen molar-refractivity contribution in [1.82, 2.24) is 9.80 Å². The summed E-state index contributed by atoms with van der Waals surface area (Å²) in [5, 5.41) is 9.94. The van der Waals surface area contributed by atoms with Crippen LogP contribution in [0.2, 0.25) is 0 Å². The zero-order valence-electron chi connectivity index (χ0n) is 21.3. The predicted octanol–water partition coefficient (Wildman–Crippen LogP) is 4.66. The zero-order valence-corrected chi connectivity index (χ0v) is 21.3. The number of rotatable bonds is 9. The molecule has 0 bridgehead atoms. The van der Waals surface area contributed by atoms with Gasteiger partial charge in [-0.3, -0.25) is 0 Å². The van der Waals surface area contributed by atoms with Crippen molar-refractivity contribution >= 4 is 0 Å². The van der Waals surface area contributed by atoms with Crippen LogP contribution in [0.3, 0.4) is 0 Å². The average Bonchev–Trinajstić information content (AvgIpc) is 3.09. The van der Waals surface area contributed by atoms with Gasteiger partial charge in [-0.1, -0.05) is 18.6 Å². The van der Waals surface area contributed by atoms with Crippen molar-refractivity contribution in [2.45, 2.75) is 57.7 Å². The molecule has 0 amide bonds. The Morgan fingerprint density at radius 3 is 2.39 bits per heavy atom. The summed E-state index contributed by atoms with van der Waals surface area (Å²) in [6.45, 7) is 5.66. The number of hydrogen-bond donors (Lipinski definition) is 1. The summed E-state index contributed by atoms with van der Waals surface area (Å²) in [5.41, 5.74) is 4.68. The molecule has 0 aliphatic heterocycles.